The number of carbonyl (C=O) groups is 2. The largest absolute Gasteiger partial charge is 0.324 e. The number of amides is 2. The minimum absolute atomic E-state index is 0.151. The van der Waals surface area contributed by atoms with Crippen LogP contribution in [0.15, 0.2) is 18.2 Å². The molecule has 2 amide bonds. The highest BCUT2D eigenvalue weighted by molar-refractivity contribution is 6.30. The topological polar surface area (TPSA) is 70.2 Å². The average Bonchev–Trinajstić information content (AvgIpc) is 2.69. The van der Waals surface area contributed by atoms with Gasteiger partial charge in [-0.3, -0.25) is 15.0 Å². The van der Waals surface area contributed by atoms with Crippen LogP contribution in [0.5, 0.6) is 0 Å². The van der Waals surface area contributed by atoms with Crippen LogP contribution in [0, 0.1) is 6.92 Å². The number of rotatable bonds is 2. The molecule has 0 spiro atoms. The molecule has 0 aliphatic carbocycles. The minimum atomic E-state index is -0.530. The summed E-state index contributed by atoms with van der Waals surface area (Å²) in [5.74, 6) is -0.424. The molecule has 1 aliphatic rings. The molecule has 1 heterocycles. The predicted octanol–water partition coefficient (Wildman–Crippen LogP) is 0.980. The smallest absolute Gasteiger partial charge is 0.243 e. The average molecular weight is 254 g/mol. The van der Waals surface area contributed by atoms with Crippen LogP contribution in [0.4, 0.5) is 5.69 Å². The first-order valence-corrected chi connectivity index (χ1v) is 5.55. The standard InChI is InChI=1S/C11H12ClN3O2/c1-6-4-7(12)2-3-8(6)13-11(17)9-5-10(16)15-14-9/h2-4,9,14H,5H2,1H3,(H,13,17)(H,15,16). The number of hydrogen-bond acceptors (Lipinski definition) is 3. The van der Waals surface area contributed by atoms with Gasteiger partial charge in [0.1, 0.15) is 6.04 Å². The van der Waals surface area contributed by atoms with Gasteiger partial charge in [-0.05, 0) is 30.7 Å². The SMILES string of the molecule is Cc1cc(Cl)ccc1NC(=O)C1CC(=O)NN1. The maximum absolute atomic E-state index is 11.8. The maximum Gasteiger partial charge on any atom is 0.243 e. The van der Waals surface area contributed by atoms with Crippen molar-refractivity contribution in [3.05, 3.63) is 28.8 Å². The second-order valence-corrected chi connectivity index (χ2v) is 4.33. The van der Waals surface area contributed by atoms with E-state index in [0.29, 0.717) is 10.7 Å². The molecule has 0 radical (unpaired) electrons. The Morgan fingerprint density at radius 3 is 2.88 bits per heavy atom. The number of nitrogens with one attached hydrogen (secondary N) is 3. The summed E-state index contributed by atoms with van der Waals surface area (Å²) in [6.07, 6.45) is 0.151. The minimum Gasteiger partial charge on any atom is -0.324 e. The van der Waals surface area contributed by atoms with Gasteiger partial charge in [0.05, 0.1) is 6.42 Å². The number of anilines is 1. The molecule has 1 unspecified atom stereocenters. The van der Waals surface area contributed by atoms with E-state index in [4.69, 9.17) is 11.6 Å². The summed E-state index contributed by atoms with van der Waals surface area (Å²) in [6.45, 7) is 1.85. The molecule has 0 bridgehead atoms. The predicted molar refractivity (Wildman–Crippen MR) is 64.5 cm³/mol. The number of carbonyl (C=O) groups excluding carboxylic acids is 2. The fourth-order valence-electron chi connectivity index (χ4n) is 1.60. The molecule has 3 N–H and O–H groups in total. The van der Waals surface area contributed by atoms with Crippen LogP contribution in [0.1, 0.15) is 12.0 Å². The third kappa shape index (κ3) is 2.75. The van der Waals surface area contributed by atoms with Crippen LogP contribution >= 0.6 is 11.6 Å². The molecule has 1 aromatic carbocycles. The maximum atomic E-state index is 11.8. The summed E-state index contributed by atoms with van der Waals surface area (Å²) in [7, 11) is 0. The van der Waals surface area contributed by atoms with Gasteiger partial charge in [-0.1, -0.05) is 11.6 Å². The first-order chi connectivity index (χ1) is 8.06. The molecule has 5 nitrogen and oxygen atoms in total. The number of benzene rings is 1. The van der Waals surface area contributed by atoms with E-state index in [1.54, 1.807) is 18.2 Å². The Morgan fingerprint density at radius 2 is 2.29 bits per heavy atom. The third-order valence-electron chi connectivity index (χ3n) is 2.54. The molecule has 1 atom stereocenters. The zero-order valence-corrected chi connectivity index (χ0v) is 9.97. The normalized spacial score (nSPS) is 18.9. The van der Waals surface area contributed by atoms with Crippen molar-refractivity contribution < 1.29 is 9.59 Å². The number of hydrazine groups is 1. The lowest BCUT2D eigenvalue weighted by Gasteiger charge is -2.11. The fraction of sp³-hybridized carbons (Fsp3) is 0.273. The van der Waals surface area contributed by atoms with Gasteiger partial charge in [0.25, 0.3) is 0 Å². The van der Waals surface area contributed by atoms with Crippen molar-refractivity contribution in [2.75, 3.05) is 5.32 Å². The number of aryl methyl sites for hydroxylation is 1. The highest BCUT2D eigenvalue weighted by Crippen LogP contribution is 2.20. The molecule has 6 heteroatoms. The van der Waals surface area contributed by atoms with Crippen molar-refractivity contribution in [1.82, 2.24) is 10.9 Å². The van der Waals surface area contributed by atoms with Crippen LogP contribution in [0.3, 0.4) is 0 Å². The molecular formula is C11H12ClN3O2. The van der Waals surface area contributed by atoms with E-state index in [-0.39, 0.29) is 18.2 Å². The Hall–Kier alpha value is -1.59. The van der Waals surface area contributed by atoms with E-state index in [2.05, 4.69) is 16.2 Å². The highest BCUT2D eigenvalue weighted by atomic mass is 35.5. The molecule has 0 saturated carbocycles. The lowest BCUT2D eigenvalue weighted by atomic mass is 10.1. The van der Waals surface area contributed by atoms with Crippen LogP contribution in [-0.2, 0) is 9.59 Å². The molecule has 1 fully saturated rings. The van der Waals surface area contributed by atoms with Gasteiger partial charge in [0.15, 0.2) is 0 Å². The van der Waals surface area contributed by atoms with Gasteiger partial charge in [-0.25, -0.2) is 5.43 Å². The zero-order chi connectivity index (χ0) is 12.4. The van der Waals surface area contributed by atoms with Gasteiger partial charge in [-0.15, -0.1) is 0 Å². The second kappa shape index (κ2) is 4.73. The van der Waals surface area contributed by atoms with E-state index >= 15 is 0 Å². The summed E-state index contributed by atoms with van der Waals surface area (Å²) in [5.41, 5.74) is 6.58. The molecule has 17 heavy (non-hydrogen) atoms. The monoisotopic (exact) mass is 253 g/mol. The van der Waals surface area contributed by atoms with Gasteiger partial charge < -0.3 is 5.32 Å². The van der Waals surface area contributed by atoms with Crippen molar-refractivity contribution in [1.29, 1.82) is 0 Å². The van der Waals surface area contributed by atoms with Crippen LogP contribution < -0.4 is 16.2 Å². The van der Waals surface area contributed by atoms with E-state index in [1.165, 1.54) is 0 Å². The lowest BCUT2D eigenvalue weighted by Crippen LogP contribution is -2.39. The molecule has 0 aromatic heterocycles. The van der Waals surface area contributed by atoms with Gasteiger partial charge >= 0.3 is 0 Å². The molecule has 1 aliphatic heterocycles. The molecular weight excluding hydrogens is 242 g/mol. The third-order valence-corrected chi connectivity index (χ3v) is 2.77. The zero-order valence-electron chi connectivity index (χ0n) is 9.21. The number of halogens is 1. The Kier molecular flexibility index (Phi) is 3.31. The van der Waals surface area contributed by atoms with E-state index in [0.717, 1.165) is 5.56 Å². The highest BCUT2D eigenvalue weighted by Gasteiger charge is 2.27. The van der Waals surface area contributed by atoms with Crippen molar-refractivity contribution >= 4 is 29.1 Å². The van der Waals surface area contributed by atoms with Crippen molar-refractivity contribution in [2.45, 2.75) is 19.4 Å². The quantitative estimate of drug-likeness (QED) is 0.736. The van der Waals surface area contributed by atoms with E-state index in [1.807, 2.05) is 6.92 Å². The Bertz CT molecular complexity index is 476. The van der Waals surface area contributed by atoms with E-state index in [9.17, 15) is 9.59 Å². The first-order valence-electron chi connectivity index (χ1n) is 5.17. The molecule has 90 valence electrons. The molecule has 1 saturated heterocycles. The fourth-order valence-corrected chi connectivity index (χ4v) is 1.83. The summed E-state index contributed by atoms with van der Waals surface area (Å²) >= 11 is 5.82. The van der Waals surface area contributed by atoms with Crippen LogP contribution in [0.2, 0.25) is 5.02 Å². The van der Waals surface area contributed by atoms with Crippen molar-refractivity contribution in [3.8, 4) is 0 Å². The summed E-state index contributed by atoms with van der Waals surface area (Å²) in [6, 6.07) is 4.68. The summed E-state index contributed by atoms with van der Waals surface area (Å²) in [4.78, 5) is 22.7. The number of hydrogen-bond donors (Lipinski definition) is 3. The van der Waals surface area contributed by atoms with Gasteiger partial charge in [-0.2, -0.15) is 0 Å². The Morgan fingerprint density at radius 1 is 1.53 bits per heavy atom. The Labute approximate surface area is 103 Å². The lowest BCUT2D eigenvalue weighted by molar-refractivity contribution is -0.121. The summed E-state index contributed by atoms with van der Waals surface area (Å²) in [5, 5.41) is 3.37. The summed E-state index contributed by atoms with van der Waals surface area (Å²) < 4.78 is 0. The van der Waals surface area contributed by atoms with Crippen LogP contribution in [0.25, 0.3) is 0 Å². The van der Waals surface area contributed by atoms with E-state index < -0.39 is 6.04 Å². The van der Waals surface area contributed by atoms with Crippen LogP contribution in [-0.4, -0.2) is 17.9 Å². The first kappa shape index (κ1) is 11.9. The molecule has 2 rings (SSSR count). The van der Waals surface area contributed by atoms with Gasteiger partial charge in [0, 0.05) is 10.7 Å². The van der Waals surface area contributed by atoms with Crippen molar-refractivity contribution in [2.24, 2.45) is 0 Å². The van der Waals surface area contributed by atoms with Crippen molar-refractivity contribution in [3.63, 3.8) is 0 Å². The molecule has 1 aromatic rings. The Balaban J connectivity index is 2.05. The second-order valence-electron chi connectivity index (χ2n) is 3.90. The van der Waals surface area contributed by atoms with Gasteiger partial charge in [0.2, 0.25) is 11.8 Å².